The van der Waals surface area contributed by atoms with Crippen LogP contribution in [0.5, 0.6) is 0 Å². The molecule has 4 heteroatoms. The molecule has 0 atom stereocenters. The highest BCUT2D eigenvalue weighted by molar-refractivity contribution is 6.32. The molecule has 0 bridgehead atoms. The minimum Gasteiger partial charge on any atom is -0.507 e. The van der Waals surface area contributed by atoms with E-state index in [9.17, 15) is 9.90 Å². The van der Waals surface area contributed by atoms with E-state index >= 15 is 0 Å². The maximum atomic E-state index is 10.2. The number of hydrogen-bond donors (Lipinski definition) is 2. The molecule has 0 radical (unpaired) electrons. The van der Waals surface area contributed by atoms with Crippen LogP contribution < -0.4 is 0 Å². The van der Waals surface area contributed by atoms with Crippen molar-refractivity contribution in [3.8, 4) is 0 Å². The highest BCUT2D eigenvalue weighted by Crippen LogP contribution is 2.21. The molecule has 0 aliphatic rings. The first kappa shape index (κ1) is 9.61. The van der Waals surface area contributed by atoms with E-state index in [1.54, 1.807) is 18.2 Å². The summed E-state index contributed by atoms with van der Waals surface area (Å²) in [6.45, 7) is 0. The Kier molecular flexibility index (Phi) is 2.93. The molecule has 0 aliphatic carbocycles. The van der Waals surface area contributed by atoms with Gasteiger partial charge in [0.1, 0.15) is 5.76 Å². The molecule has 68 valence electrons. The molecule has 0 saturated carbocycles. The first-order valence-electron chi connectivity index (χ1n) is 3.50. The Bertz CT molecular complexity index is 358. The maximum absolute atomic E-state index is 10.2. The van der Waals surface area contributed by atoms with E-state index in [-0.39, 0.29) is 5.76 Å². The van der Waals surface area contributed by atoms with E-state index in [1.165, 1.54) is 6.07 Å². The number of carboxylic acids is 1. The Morgan fingerprint density at radius 3 is 2.46 bits per heavy atom. The fourth-order valence-electron chi connectivity index (χ4n) is 0.864. The molecule has 0 aliphatic heterocycles. The van der Waals surface area contributed by atoms with Crippen LogP contribution in [0.2, 0.25) is 5.02 Å². The van der Waals surface area contributed by atoms with Crippen LogP contribution in [0.3, 0.4) is 0 Å². The fourth-order valence-corrected chi connectivity index (χ4v) is 1.10. The van der Waals surface area contributed by atoms with Crippen molar-refractivity contribution in [2.75, 3.05) is 0 Å². The van der Waals surface area contributed by atoms with Gasteiger partial charge in [0.05, 0.1) is 11.1 Å². The van der Waals surface area contributed by atoms with Crippen molar-refractivity contribution < 1.29 is 15.0 Å². The van der Waals surface area contributed by atoms with Gasteiger partial charge in [0.25, 0.3) is 0 Å². The Morgan fingerprint density at radius 2 is 1.92 bits per heavy atom. The lowest BCUT2D eigenvalue weighted by Gasteiger charge is -2.00. The van der Waals surface area contributed by atoms with Gasteiger partial charge in [-0.15, -0.1) is 0 Å². The lowest BCUT2D eigenvalue weighted by atomic mass is 10.2. The van der Waals surface area contributed by atoms with Crippen LogP contribution >= 0.6 is 11.6 Å². The van der Waals surface area contributed by atoms with E-state index in [0.717, 1.165) is 0 Å². The molecule has 2 N–H and O–H groups in total. The number of carbonyl (C=O) groups is 1. The third-order valence-electron chi connectivity index (χ3n) is 1.41. The first-order valence-corrected chi connectivity index (χ1v) is 3.87. The smallest absolute Gasteiger partial charge is 0.332 e. The molecular weight excluding hydrogens is 192 g/mol. The van der Waals surface area contributed by atoms with E-state index in [0.29, 0.717) is 16.7 Å². The summed E-state index contributed by atoms with van der Waals surface area (Å²) >= 11 is 5.71. The largest absolute Gasteiger partial charge is 0.507 e. The van der Waals surface area contributed by atoms with Crippen molar-refractivity contribution in [3.63, 3.8) is 0 Å². The molecule has 1 rings (SSSR count). The standard InChI is InChI=1S/C9H7ClO3/c10-7-4-2-1-3-6(7)8(11)5-9(12)13/h1-5,11H,(H,12,13)/b8-5+. The minimum absolute atomic E-state index is 0.312. The van der Waals surface area contributed by atoms with Crippen LogP contribution in [-0.2, 0) is 4.79 Å². The summed E-state index contributed by atoms with van der Waals surface area (Å²) in [6.07, 6.45) is 0.696. The zero-order valence-corrected chi connectivity index (χ0v) is 7.32. The molecule has 0 aromatic heterocycles. The Balaban J connectivity index is 3.08. The van der Waals surface area contributed by atoms with Crippen LogP contribution in [0.25, 0.3) is 5.76 Å². The van der Waals surface area contributed by atoms with Gasteiger partial charge in [-0.25, -0.2) is 4.79 Å². The highest BCUT2D eigenvalue weighted by atomic mass is 35.5. The average molecular weight is 199 g/mol. The first-order chi connectivity index (χ1) is 6.11. The van der Waals surface area contributed by atoms with Crippen molar-refractivity contribution >= 4 is 23.3 Å². The van der Waals surface area contributed by atoms with Crippen molar-refractivity contribution in [1.82, 2.24) is 0 Å². The van der Waals surface area contributed by atoms with Crippen molar-refractivity contribution in [3.05, 3.63) is 40.9 Å². The molecule has 3 nitrogen and oxygen atoms in total. The molecule has 0 saturated heterocycles. The molecule has 0 unspecified atom stereocenters. The van der Waals surface area contributed by atoms with E-state index in [4.69, 9.17) is 16.7 Å². The van der Waals surface area contributed by atoms with E-state index in [2.05, 4.69) is 0 Å². The number of rotatable bonds is 2. The zero-order valence-electron chi connectivity index (χ0n) is 6.57. The Morgan fingerprint density at radius 1 is 1.31 bits per heavy atom. The van der Waals surface area contributed by atoms with E-state index < -0.39 is 5.97 Å². The van der Waals surface area contributed by atoms with Gasteiger partial charge in [0.2, 0.25) is 0 Å². The van der Waals surface area contributed by atoms with Gasteiger partial charge < -0.3 is 10.2 Å². The quantitative estimate of drug-likeness (QED) is 0.567. The summed E-state index contributed by atoms with van der Waals surface area (Å²) in [5.41, 5.74) is 0.312. The predicted molar refractivity (Wildman–Crippen MR) is 49.7 cm³/mol. The lowest BCUT2D eigenvalue weighted by molar-refractivity contribution is -0.131. The number of carboxylic acid groups (broad SMARTS) is 1. The second-order valence-electron chi connectivity index (χ2n) is 2.35. The van der Waals surface area contributed by atoms with Gasteiger partial charge >= 0.3 is 5.97 Å². The van der Waals surface area contributed by atoms with Crippen molar-refractivity contribution in [2.24, 2.45) is 0 Å². The molecule has 0 amide bonds. The average Bonchev–Trinajstić information content (AvgIpc) is 2.03. The van der Waals surface area contributed by atoms with Gasteiger partial charge in [0, 0.05) is 5.56 Å². The van der Waals surface area contributed by atoms with Gasteiger partial charge in [-0.2, -0.15) is 0 Å². The third kappa shape index (κ3) is 2.49. The number of aliphatic carboxylic acids is 1. The normalized spacial score (nSPS) is 11.3. The molecule has 0 fully saturated rings. The summed E-state index contributed by atoms with van der Waals surface area (Å²) < 4.78 is 0. The van der Waals surface area contributed by atoms with Crippen LogP contribution in [0.1, 0.15) is 5.56 Å². The molecule has 1 aromatic carbocycles. The number of benzene rings is 1. The molecule has 1 aromatic rings. The summed E-state index contributed by atoms with van der Waals surface area (Å²) in [7, 11) is 0. The van der Waals surface area contributed by atoms with Crippen molar-refractivity contribution in [2.45, 2.75) is 0 Å². The highest BCUT2D eigenvalue weighted by Gasteiger charge is 2.04. The van der Waals surface area contributed by atoms with Gasteiger partial charge in [0.15, 0.2) is 0 Å². The number of aliphatic hydroxyl groups excluding tert-OH is 1. The van der Waals surface area contributed by atoms with Crippen LogP contribution in [0, 0.1) is 0 Å². The Hall–Kier alpha value is -1.48. The minimum atomic E-state index is -1.21. The summed E-state index contributed by atoms with van der Waals surface area (Å²) in [5.74, 6) is -1.56. The number of halogens is 1. The summed E-state index contributed by atoms with van der Waals surface area (Å²) in [5, 5.41) is 17.9. The topological polar surface area (TPSA) is 57.5 Å². The van der Waals surface area contributed by atoms with E-state index in [1.807, 2.05) is 0 Å². The van der Waals surface area contributed by atoms with Gasteiger partial charge in [-0.05, 0) is 12.1 Å². The molecular formula is C9H7ClO3. The maximum Gasteiger partial charge on any atom is 0.332 e. The number of hydrogen-bond acceptors (Lipinski definition) is 2. The fraction of sp³-hybridized carbons (Fsp3) is 0. The molecule has 0 heterocycles. The van der Waals surface area contributed by atoms with Crippen LogP contribution in [-0.4, -0.2) is 16.2 Å². The van der Waals surface area contributed by atoms with Crippen LogP contribution in [0.4, 0.5) is 0 Å². The SMILES string of the molecule is O=C(O)/C=C(/O)c1ccccc1Cl. The lowest BCUT2D eigenvalue weighted by Crippen LogP contribution is -1.92. The zero-order chi connectivity index (χ0) is 9.84. The van der Waals surface area contributed by atoms with Crippen molar-refractivity contribution in [1.29, 1.82) is 0 Å². The molecule has 13 heavy (non-hydrogen) atoms. The second kappa shape index (κ2) is 3.96. The number of aliphatic hydroxyl groups is 1. The molecule has 0 spiro atoms. The summed E-state index contributed by atoms with van der Waals surface area (Å²) in [6, 6.07) is 6.47. The van der Waals surface area contributed by atoms with Gasteiger partial charge in [-0.1, -0.05) is 23.7 Å². The second-order valence-corrected chi connectivity index (χ2v) is 2.75. The monoisotopic (exact) mass is 198 g/mol. The third-order valence-corrected chi connectivity index (χ3v) is 1.74. The van der Waals surface area contributed by atoms with Gasteiger partial charge in [-0.3, -0.25) is 0 Å². The summed E-state index contributed by atoms with van der Waals surface area (Å²) in [4.78, 5) is 10.2. The predicted octanol–water partition coefficient (Wildman–Crippen LogP) is 2.32. The van der Waals surface area contributed by atoms with Crippen LogP contribution in [0.15, 0.2) is 30.3 Å². The Labute approximate surface area is 79.9 Å².